The molecule has 0 radical (unpaired) electrons. The minimum atomic E-state index is -1.06. The number of carbonyl (C=O) groups excluding carboxylic acids is 2. The van der Waals surface area contributed by atoms with Crippen molar-refractivity contribution >= 4 is 12.1 Å². The van der Waals surface area contributed by atoms with Gasteiger partial charge in [-0.3, -0.25) is 0 Å². The topological polar surface area (TPSA) is 64.6 Å². The van der Waals surface area contributed by atoms with Crippen LogP contribution in [0.5, 0.6) is 5.75 Å². The molecule has 0 saturated carbocycles. The molecule has 5 nitrogen and oxygen atoms in total. The van der Waals surface area contributed by atoms with Gasteiger partial charge in [-0.25, -0.2) is 18.4 Å². The molecule has 0 bridgehead atoms. The molecule has 126 valence electrons. The highest BCUT2D eigenvalue weighted by Crippen LogP contribution is 2.15. The maximum absolute atomic E-state index is 13.0. The van der Waals surface area contributed by atoms with Crippen LogP contribution in [-0.4, -0.2) is 18.1 Å². The van der Waals surface area contributed by atoms with Crippen LogP contribution in [0.3, 0.4) is 0 Å². The van der Waals surface area contributed by atoms with Crippen LogP contribution in [-0.2, 0) is 16.1 Å². The van der Waals surface area contributed by atoms with Crippen LogP contribution in [0, 0.1) is 11.6 Å². The number of esters is 1. The van der Waals surface area contributed by atoms with E-state index in [2.05, 4.69) is 5.32 Å². The van der Waals surface area contributed by atoms with Gasteiger partial charge in [-0.05, 0) is 12.5 Å². The van der Waals surface area contributed by atoms with Crippen molar-refractivity contribution in [3.63, 3.8) is 0 Å². The average Bonchev–Trinajstić information content (AvgIpc) is 2.53. The lowest BCUT2D eigenvalue weighted by molar-refractivity contribution is -0.136. The minimum absolute atomic E-state index is 0.0452. The highest BCUT2D eigenvalue weighted by molar-refractivity contribution is 5.82. The summed E-state index contributed by atoms with van der Waals surface area (Å²) in [5.74, 6) is -2.91. The van der Waals surface area contributed by atoms with Gasteiger partial charge < -0.3 is 14.8 Å². The van der Waals surface area contributed by atoms with E-state index in [0.29, 0.717) is 6.07 Å². The maximum Gasteiger partial charge on any atom is 0.408 e. The number of benzene rings is 2. The first-order valence-electron chi connectivity index (χ1n) is 7.09. The van der Waals surface area contributed by atoms with E-state index in [-0.39, 0.29) is 12.4 Å². The summed E-state index contributed by atoms with van der Waals surface area (Å²) >= 11 is 0. The van der Waals surface area contributed by atoms with Crippen molar-refractivity contribution in [2.45, 2.75) is 19.6 Å². The van der Waals surface area contributed by atoms with E-state index < -0.39 is 29.7 Å². The van der Waals surface area contributed by atoms with Crippen molar-refractivity contribution < 1.29 is 27.8 Å². The molecule has 0 heterocycles. The predicted molar refractivity (Wildman–Crippen MR) is 81.2 cm³/mol. The molecule has 0 aliphatic heterocycles. The van der Waals surface area contributed by atoms with Crippen LogP contribution in [0.25, 0.3) is 0 Å². The molecule has 2 rings (SSSR count). The summed E-state index contributed by atoms with van der Waals surface area (Å²) < 4.78 is 35.8. The molecular formula is C17H15F2NO4. The largest absolute Gasteiger partial charge is 0.445 e. The second kappa shape index (κ2) is 8.05. The zero-order valence-corrected chi connectivity index (χ0v) is 12.8. The number of hydrogen-bond donors (Lipinski definition) is 1. The number of hydrogen-bond acceptors (Lipinski definition) is 4. The van der Waals surface area contributed by atoms with E-state index in [1.807, 2.05) is 6.07 Å². The van der Waals surface area contributed by atoms with Gasteiger partial charge in [0.15, 0.2) is 0 Å². The molecular weight excluding hydrogens is 320 g/mol. The number of halogens is 2. The Balaban J connectivity index is 1.83. The van der Waals surface area contributed by atoms with Crippen molar-refractivity contribution in [3.05, 3.63) is 65.7 Å². The minimum Gasteiger partial charge on any atom is -0.445 e. The van der Waals surface area contributed by atoms with Crippen LogP contribution in [0.1, 0.15) is 12.5 Å². The van der Waals surface area contributed by atoms with Crippen LogP contribution < -0.4 is 10.1 Å². The first-order chi connectivity index (χ1) is 11.4. The SMILES string of the molecule is C[C@@H](NC(=O)OCc1ccccc1)C(=O)Oc1cc(F)cc(F)c1. The Bertz CT molecular complexity index is 702. The van der Waals surface area contributed by atoms with Gasteiger partial charge in [0.1, 0.15) is 30.0 Å². The van der Waals surface area contributed by atoms with Gasteiger partial charge in [0, 0.05) is 18.2 Å². The Morgan fingerprint density at radius 2 is 1.71 bits per heavy atom. The molecule has 0 saturated heterocycles. The molecule has 0 aliphatic carbocycles. The smallest absolute Gasteiger partial charge is 0.408 e. The monoisotopic (exact) mass is 335 g/mol. The number of amides is 1. The van der Waals surface area contributed by atoms with Gasteiger partial charge in [0.2, 0.25) is 0 Å². The van der Waals surface area contributed by atoms with E-state index in [1.54, 1.807) is 24.3 Å². The molecule has 0 spiro atoms. The van der Waals surface area contributed by atoms with Gasteiger partial charge in [-0.2, -0.15) is 0 Å². The highest BCUT2D eigenvalue weighted by atomic mass is 19.1. The van der Waals surface area contributed by atoms with Crippen molar-refractivity contribution in [2.75, 3.05) is 0 Å². The summed E-state index contributed by atoms with van der Waals surface area (Å²) in [6, 6.07) is 10.3. The van der Waals surface area contributed by atoms with Crippen molar-refractivity contribution in [1.82, 2.24) is 5.32 Å². The third-order valence-electron chi connectivity index (χ3n) is 2.96. The molecule has 2 aromatic rings. The Morgan fingerprint density at radius 1 is 1.08 bits per heavy atom. The Labute approximate surface area is 137 Å². The van der Waals surface area contributed by atoms with Crippen LogP contribution >= 0.6 is 0 Å². The quantitative estimate of drug-likeness (QED) is 0.673. The van der Waals surface area contributed by atoms with Crippen molar-refractivity contribution in [1.29, 1.82) is 0 Å². The fourth-order valence-corrected chi connectivity index (χ4v) is 1.79. The maximum atomic E-state index is 13.0. The van der Waals surface area contributed by atoms with Gasteiger partial charge in [0.25, 0.3) is 0 Å². The number of nitrogens with one attached hydrogen (secondary N) is 1. The number of carbonyl (C=O) groups is 2. The van der Waals surface area contributed by atoms with Crippen LogP contribution in [0.2, 0.25) is 0 Å². The van der Waals surface area contributed by atoms with E-state index in [4.69, 9.17) is 9.47 Å². The van der Waals surface area contributed by atoms with E-state index >= 15 is 0 Å². The molecule has 7 heteroatoms. The summed E-state index contributed by atoms with van der Waals surface area (Å²) in [6.45, 7) is 1.41. The standard InChI is InChI=1S/C17H15F2NO4/c1-11(16(21)24-15-8-13(18)7-14(19)9-15)20-17(22)23-10-12-5-3-2-4-6-12/h2-9,11H,10H2,1H3,(H,20,22)/t11-/m1/s1. The molecule has 1 atom stereocenters. The molecule has 2 aromatic carbocycles. The molecule has 1 amide bonds. The van der Waals surface area contributed by atoms with E-state index in [9.17, 15) is 18.4 Å². The summed E-state index contributed by atoms with van der Waals surface area (Å²) in [5, 5.41) is 2.28. The van der Waals surface area contributed by atoms with Crippen LogP contribution in [0.4, 0.5) is 13.6 Å². The zero-order valence-electron chi connectivity index (χ0n) is 12.8. The number of ether oxygens (including phenoxy) is 2. The van der Waals surface area contributed by atoms with Gasteiger partial charge in [-0.15, -0.1) is 0 Å². The van der Waals surface area contributed by atoms with Crippen molar-refractivity contribution in [2.24, 2.45) is 0 Å². The fraction of sp³-hybridized carbons (Fsp3) is 0.176. The van der Waals surface area contributed by atoms with Gasteiger partial charge >= 0.3 is 12.1 Å². The second-order valence-corrected chi connectivity index (χ2v) is 4.95. The third kappa shape index (κ3) is 5.35. The Kier molecular flexibility index (Phi) is 5.83. The molecule has 0 aromatic heterocycles. The normalized spacial score (nSPS) is 11.5. The predicted octanol–water partition coefficient (Wildman–Crippen LogP) is 3.19. The summed E-state index contributed by atoms with van der Waals surface area (Å²) in [4.78, 5) is 23.4. The van der Waals surface area contributed by atoms with Gasteiger partial charge in [0.05, 0.1) is 0 Å². The van der Waals surface area contributed by atoms with Crippen molar-refractivity contribution in [3.8, 4) is 5.75 Å². The lowest BCUT2D eigenvalue weighted by Gasteiger charge is -2.13. The highest BCUT2D eigenvalue weighted by Gasteiger charge is 2.19. The lowest BCUT2D eigenvalue weighted by atomic mass is 10.2. The lowest BCUT2D eigenvalue weighted by Crippen LogP contribution is -2.41. The molecule has 24 heavy (non-hydrogen) atoms. The Morgan fingerprint density at radius 3 is 2.33 bits per heavy atom. The third-order valence-corrected chi connectivity index (χ3v) is 2.96. The fourth-order valence-electron chi connectivity index (χ4n) is 1.79. The summed E-state index contributed by atoms with van der Waals surface area (Å²) in [5.41, 5.74) is 0.790. The first-order valence-corrected chi connectivity index (χ1v) is 7.09. The molecule has 0 aliphatic rings. The number of rotatable bonds is 5. The molecule has 0 fully saturated rings. The zero-order chi connectivity index (χ0) is 17.5. The van der Waals surface area contributed by atoms with E-state index in [0.717, 1.165) is 17.7 Å². The summed E-state index contributed by atoms with van der Waals surface area (Å²) in [7, 11) is 0. The molecule has 1 N–H and O–H groups in total. The average molecular weight is 335 g/mol. The van der Waals surface area contributed by atoms with E-state index in [1.165, 1.54) is 6.92 Å². The second-order valence-electron chi connectivity index (χ2n) is 4.95. The Hall–Kier alpha value is -2.96. The summed E-state index contributed by atoms with van der Waals surface area (Å²) in [6.07, 6.45) is -0.811. The first kappa shape index (κ1) is 17.4. The molecule has 0 unspecified atom stereocenters. The van der Waals surface area contributed by atoms with Gasteiger partial charge in [-0.1, -0.05) is 30.3 Å². The van der Waals surface area contributed by atoms with Crippen LogP contribution in [0.15, 0.2) is 48.5 Å². The number of alkyl carbamates (subject to hydrolysis) is 1.